The van der Waals surface area contributed by atoms with Crippen molar-refractivity contribution in [1.29, 1.82) is 0 Å². The summed E-state index contributed by atoms with van der Waals surface area (Å²) in [6, 6.07) is 15.8. The molecule has 1 unspecified atom stereocenters. The number of rotatable bonds is 12. The first kappa shape index (κ1) is 26.4. The minimum atomic E-state index is -4.44. The normalized spacial score (nSPS) is 12.7. The van der Waals surface area contributed by atoms with E-state index in [0.717, 1.165) is 23.4 Å². The average molecular weight is 516 g/mol. The molecule has 1 atom stereocenters. The van der Waals surface area contributed by atoms with Gasteiger partial charge in [-0.1, -0.05) is 24.3 Å². The second-order valence-electron chi connectivity index (χ2n) is 8.34. The largest absolute Gasteiger partial charge is 0.494 e. The molecule has 37 heavy (non-hydrogen) atoms. The van der Waals surface area contributed by atoms with E-state index in [2.05, 4.69) is 20.4 Å². The number of alkyl halides is 3. The molecule has 2 aromatic carbocycles. The number of hydrogen-bond donors (Lipinski definition) is 0. The van der Waals surface area contributed by atoms with Crippen LogP contribution in [0.1, 0.15) is 41.2 Å². The third-order valence-electron chi connectivity index (χ3n) is 5.79. The SMILES string of the molecule is CCOc1ccc(CN(Cc2ccco2)C(c2ccc(C(F)(F)F)cc2)c2nnnn2CCOC)cc1. The van der Waals surface area contributed by atoms with Gasteiger partial charge in [0.1, 0.15) is 11.5 Å². The predicted octanol–water partition coefficient (Wildman–Crippen LogP) is 5.12. The fraction of sp³-hybridized carbons (Fsp3) is 0.346. The lowest BCUT2D eigenvalue weighted by Gasteiger charge is -2.31. The Hall–Kier alpha value is -3.70. The van der Waals surface area contributed by atoms with Crippen molar-refractivity contribution in [3.63, 3.8) is 0 Å². The van der Waals surface area contributed by atoms with Crippen LogP contribution >= 0.6 is 0 Å². The molecule has 0 radical (unpaired) electrons. The van der Waals surface area contributed by atoms with Crippen molar-refractivity contribution in [1.82, 2.24) is 25.1 Å². The molecule has 4 rings (SSSR count). The monoisotopic (exact) mass is 515 g/mol. The molecule has 0 bridgehead atoms. The van der Waals surface area contributed by atoms with Crippen LogP contribution in [0.3, 0.4) is 0 Å². The third kappa shape index (κ3) is 6.75. The Morgan fingerprint density at radius 2 is 1.78 bits per heavy atom. The van der Waals surface area contributed by atoms with Crippen LogP contribution in [0.5, 0.6) is 5.75 Å². The van der Waals surface area contributed by atoms with Crippen molar-refractivity contribution in [3.05, 3.63) is 95.2 Å². The number of halogens is 3. The average Bonchev–Trinajstić information content (AvgIpc) is 3.56. The fourth-order valence-corrected chi connectivity index (χ4v) is 4.06. The van der Waals surface area contributed by atoms with Gasteiger partial charge in [-0.2, -0.15) is 13.2 Å². The Morgan fingerprint density at radius 3 is 2.41 bits per heavy atom. The number of tetrazole rings is 1. The molecule has 0 saturated heterocycles. The van der Waals surface area contributed by atoms with E-state index in [9.17, 15) is 13.2 Å². The van der Waals surface area contributed by atoms with Gasteiger partial charge in [0.05, 0.1) is 44.2 Å². The van der Waals surface area contributed by atoms with Gasteiger partial charge in [-0.15, -0.1) is 5.10 Å². The number of benzene rings is 2. The predicted molar refractivity (Wildman–Crippen MR) is 129 cm³/mol. The second kappa shape index (κ2) is 12.0. The van der Waals surface area contributed by atoms with Gasteiger partial charge in [-0.3, -0.25) is 4.90 Å². The molecule has 0 amide bonds. The first-order valence-corrected chi connectivity index (χ1v) is 11.8. The minimum absolute atomic E-state index is 0.364. The summed E-state index contributed by atoms with van der Waals surface area (Å²) in [4.78, 5) is 2.06. The smallest absolute Gasteiger partial charge is 0.416 e. The van der Waals surface area contributed by atoms with Crippen LogP contribution in [0.15, 0.2) is 71.3 Å². The van der Waals surface area contributed by atoms with Gasteiger partial charge >= 0.3 is 6.18 Å². The minimum Gasteiger partial charge on any atom is -0.494 e. The van der Waals surface area contributed by atoms with Gasteiger partial charge in [0.15, 0.2) is 5.82 Å². The second-order valence-corrected chi connectivity index (χ2v) is 8.34. The molecule has 2 aromatic heterocycles. The highest BCUT2D eigenvalue weighted by atomic mass is 19.4. The van der Waals surface area contributed by atoms with Gasteiger partial charge in [0.25, 0.3) is 0 Å². The molecule has 0 N–H and O–H groups in total. The zero-order chi connectivity index (χ0) is 26.3. The Kier molecular flexibility index (Phi) is 8.57. The summed E-state index contributed by atoms with van der Waals surface area (Å²) in [5, 5.41) is 12.2. The van der Waals surface area contributed by atoms with Crippen molar-refractivity contribution in [2.24, 2.45) is 0 Å². The molecule has 0 spiro atoms. The molecule has 11 heteroatoms. The maximum absolute atomic E-state index is 13.3. The molecule has 0 aliphatic rings. The van der Waals surface area contributed by atoms with E-state index in [-0.39, 0.29) is 0 Å². The molecular weight excluding hydrogens is 487 g/mol. The van der Waals surface area contributed by atoms with Gasteiger partial charge in [0, 0.05) is 13.7 Å². The summed E-state index contributed by atoms with van der Waals surface area (Å²) >= 11 is 0. The number of aromatic nitrogens is 4. The Balaban J connectivity index is 1.76. The van der Waals surface area contributed by atoms with Gasteiger partial charge in [0.2, 0.25) is 0 Å². The van der Waals surface area contributed by atoms with E-state index >= 15 is 0 Å². The summed E-state index contributed by atoms with van der Waals surface area (Å²) in [6.07, 6.45) is -2.86. The zero-order valence-corrected chi connectivity index (χ0v) is 20.6. The first-order chi connectivity index (χ1) is 17.9. The molecule has 4 aromatic rings. The van der Waals surface area contributed by atoms with Gasteiger partial charge in [-0.05, 0) is 64.9 Å². The molecule has 0 saturated carbocycles. The van der Waals surface area contributed by atoms with Crippen LogP contribution < -0.4 is 4.74 Å². The molecule has 8 nitrogen and oxygen atoms in total. The number of ether oxygens (including phenoxy) is 2. The third-order valence-corrected chi connectivity index (χ3v) is 5.79. The van der Waals surface area contributed by atoms with Crippen molar-refractivity contribution in [2.75, 3.05) is 20.3 Å². The summed E-state index contributed by atoms with van der Waals surface area (Å²) in [5.41, 5.74) is 0.861. The molecule has 0 fully saturated rings. The van der Waals surface area contributed by atoms with Crippen molar-refractivity contribution < 1.29 is 27.1 Å². The lowest BCUT2D eigenvalue weighted by atomic mass is 10.0. The van der Waals surface area contributed by atoms with E-state index in [0.29, 0.717) is 50.0 Å². The lowest BCUT2D eigenvalue weighted by Crippen LogP contribution is -2.31. The van der Waals surface area contributed by atoms with Crippen LogP contribution in [-0.4, -0.2) is 45.4 Å². The summed E-state index contributed by atoms with van der Waals surface area (Å²) in [6.45, 7) is 4.03. The number of hydrogen-bond acceptors (Lipinski definition) is 7. The number of furan rings is 1. The van der Waals surface area contributed by atoms with Gasteiger partial charge < -0.3 is 13.9 Å². The Morgan fingerprint density at radius 1 is 1.03 bits per heavy atom. The van der Waals surface area contributed by atoms with Crippen LogP contribution in [0.4, 0.5) is 13.2 Å². The topological polar surface area (TPSA) is 78.4 Å². The Labute approximate surface area is 212 Å². The van der Waals surface area contributed by atoms with Crippen LogP contribution in [-0.2, 0) is 30.5 Å². The quantitative estimate of drug-likeness (QED) is 0.259. The van der Waals surface area contributed by atoms with Crippen molar-refractivity contribution in [3.8, 4) is 5.75 Å². The van der Waals surface area contributed by atoms with E-state index in [1.165, 1.54) is 12.1 Å². The molecule has 0 aliphatic heterocycles. The first-order valence-electron chi connectivity index (χ1n) is 11.8. The molecule has 2 heterocycles. The lowest BCUT2D eigenvalue weighted by molar-refractivity contribution is -0.137. The Bertz CT molecular complexity index is 1230. The highest BCUT2D eigenvalue weighted by molar-refractivity contribution is 5.31. The van der Waals surface area contributed by atoms with Crippen LogP contribution in [0.25, 0.3) is 0 Å². The summed E-state index contributed by atoms with van der Waals surface area (Å²) < 4.78 is 57.9. The standard InChI is InChI=1S/C26H28F3N5O3/c1-3-36-22-12-6-19(7-13-22)17-33(18-23-5-4-15-37-23)24(25-30-31-32-34(25)14-16-35-2)20-8-10-21(11-9-20)26(27,28)29/h4-13,15,24H,3,14,16-18H2,1-2H3. The van der Waals surface area contributed by atoms with Gasteiger partial charge in [-0.25, -0.2) is 4.68 Å². The number of nitrogens with zero attached hydrogens (tertiary/aromatic N) is 5. The van der Waals surface area contributed by atoms with Crippen LogP contribution in [0.2, 0.25) is 0 Å². The molecule has 0 aliphatic carbocycles. The van der Waals surface area contributed by atoms with Crippen LogP contribution in [0, 0.1) is 0 Å². The van der Waals surface area contributed by atoms with E-state index in [4.69, 9.17) is 13.9 Å². The maximum atomic E-state index is 13.3. The highest BCUT2D eigenvalue weighted by Gasteiger charge is 2.33. The fourth-order valence-electron chi connectivity index (χ4n) is 4.06. The molecule has 196 valence electrons. The zero-order valence-electron chi connectivity index (χ0n) is 20.6. The van der Waals surface area contributed by atoms with Crippen molar-refractivity contribution >= 4 is 0 Å². The summed E-state index contributed by atoms with van der Waals surface area (Å²) in [5.74, 6) is 1.93. The van der Waals surface area contributed by atoms with E-state index < -0.39 is 17.8 Å². The number of methoxy groups -OCH3 is 1. The van der Waals surface area contributed by atoms with E-state index in [1.54, 1.807) is 24.1 Å². The maximum Gasteiger partial charge on any atom is 0.416 e. The molecular formula is C26H28F3N5O3. The van der Waals surface area contributed by atoms with Crippen molar-refractivity contribution in [2.45, 2.75) is 38.8 Å². The van der Waals surface area contributed by atoms with E-state index in [1.807, 2.05) is 37.3 Å². The highest BCUT2D eigenvalue weighted by Crippen LogP contribution is 2.34. The summed E-state index contributed by atoms with van der Waals surface area (Å²) in [7, 11) is 1.58.